The van der Waals surface area contributed by atoms with E-state index in [1.807, 2.05) is 0 Å². The van der Waals surface area contributed by atoms with Crippen molar-refractivity contribution in [2.75, 3.05) is 25.6 Å². The smallest absolute Gasteiger partial charge is 0.273 e. The van der Waals surface area contributed by atoms with Gasteiger partial charge in [-0.1, -0.05) is 0 Å². The first kappa shape index (κ1) is 21.0. The molecule has 0 aliphatic carbocycles. The zero-order valence-corrected chi connectivity index (χ0v) is 15.9. The minimum Gasteiger partial charge on any atom is -0.494 e. The Morgan fingerprint density at radius 3 is 2.33 bits per heavy atom. The number of ether oxygens (including phenoxy) is 2. The molecule has 6 nitrogen and oxygen atoms in total. The molecule has 0 bridgehead atoms. The fourth-order valence-electron chi connectivity index (χ4n) is 2.57. The predicted molar refractivity (Wildman–Crippen MR) is 105 cm³/mol. The van der Waals surface area contributed by atoms with E-state index in [0.29, 0.717) is 5.75 Å². The van der Waals surface area contributed by atoms with Crippen LogP contribution in [0.25, 0.3) is 0 Å². The molecule has 0 saturated carbocycles. The van der Waals surface area contributed by atoms with Gasteiger partial charge in [-0.3, -0.25) is 4.79 Å². The molecule has 0 saturated heterocycles. The first-order valence-electron chi connectivity index (χ1n) is 8.89. The quantitative estimate of drug-likeness (QED) is 0.541. The fourth-order valence-corrected chi connectivity index (χ4v) is 2.57. The lowest BCUT2D eigenvalue weighted by molar-refractivity contribution is 0.0938. The van der Waals surface area contributed by atoms with E-state index in [-0.39, 0.29) is 41.9 Å². The summed E-state index contributed by atoms with van der Waals surface area (Å²) in [6.07, 6.45) is 0. The molecule has 3 aromatic rings. The summed E-state index contributed by atoms with van der Waals surface area (Å²) in [6, 6.07) is 11.5. The maximum Gasteiger partial charge on any atom is 0.273 e. The Morgan fingerprint density at radius 2 is 1.67 bits per heavy atom. The number of benzene rings is 2. The molecule has 0 radical (unpaired) electrons. The van der Waals surface area contributed by atoms with Crippen LogP contribution in [0.5, 0.6) is 11.5 Å². The highest BCUT2D eigenvalue weighted by molar-refractivity contribution is 5.95. The summed E-state index contributed by atoms with van der Waals surface area (Å²) in [4.78, 5) is 16.7. The van der Waals surface area contributed by atoms with Crippen molar-refractivity contribution in [1.29, 1.82) is 0 Å². The number of carbonyl (C=O) groups is 1. The van der Waals surface area contributed by atoms with E-state index in [9.17, 15) is 18.0 Å². The van der Waals surface area contributed by atoms with Gasteiger partial charge in [-0.25, -0.2) is 18.2 Å². The molecular weight excluding hydrogens is 399 g/mol. The van der Waals surface area contributed by atoms with Gasteiger partial charge in [0, 0.05) is 11.8 Å². The summed E-state index contributed by atoms with van der Waals surface area (Å²) in [5.41, 5.74) is 0.130. The molecule has 0 aliphatic rings. The number of nitrogens with one attached hydrogen (secondary N) is 2. The number of hydrogen-bond acceptors (Lipinski definition) is 5. The van der Waals surface area contributed by atoms with Gasteiger partial charge in [0.1, 0.15) is 41.4 Å². The highest BCUT2D eigenvalue weighted by Gasteiger charge is 2.15. The molecule has 0 spiro atoms. The summed E-state index contributed by atoms with van der Waals surface area (Å²) in [5, 5.41) is 5.38. The molecule has 3 rings (SSSR count). The van der Waals surface area contributed by atoms with Crippen LogP contribution in [-0.2, 0) is 0 Å². The number of halogens is 3. The Hall–Kier alpha value is -3.75. The molecule has 1 amide bonds. The zero-order chi connectivity index (χ0) is 21.5. The van der Waals surface area contributed by atoms with Gasteiger partial charge >= 0.3 is 0 Å². The van der Waals surface area contributed by atoms with E-state index in [2.05, 4.69) is 15.6 Å². The number of aromatic nitrogens is 1. The van der Waals surface area contributed by atoms with Crippen molar-refractivity contribution in [2.45, 2.75) is 0 Å². The van der Waals surface area contributed by atoms with E-state index in [1.165, 1.54) is 43.5 Å². The van der Waals surface area contributed by atoms with Crippen molar-refractivity contribution in [2.24, 2.45) is 0 Å². The molecule has 1 aromatic heterocycles. The molecule has 0 unspecified atom stereocenters. The number of anilines is 2. The van der Waals surface area contributed by atoms with Crippen LogP contribution in [0.15, 0.2) is 54.6 Å². The molecule has 30 heavy (non-hydrogen) atoms. The average molecular weight is 417 g/mol. The third-order valence-corrected chi connectivity index (χ3v) is 3.90. The van der Waals surface area contributed by atoms with Crippen molar-refractivity contribution in [1.82, 2.24) is 10.3 Å². The van der Waals surface area contributed by atoms with Gasteiger partial charge in [0.25, 0.3) is 5.91 Å². The maximum absolute atomic E-state index is 13.4. The third kappa shape index (κ3) is 5.63. The second kappa shape index (κ2) is 9.64. The third-order valence-electron chi connectivity index (χ3n) is 3.90. The SMILES string of the molecule is COc1ccc(Nc2cc(F)cc(F)c2)nc1C(=O)NCCOc1ccc(F)cc1. The van der Waals surface area contributed by atoms with Crippen LogP contribution in [0.2, 0.25) is 0 Å². The summed E-state index contributed by atoms with van der Waals surface area (Å²) < 4.78 is 50.2. The molecule has 2 aromatic carbocycles. The van der Waals surface area contributed by atoms with Gasteiger partial charge in [0.15, 0.2) is 5.69 Å². The van der Waals surface area contributed by atoms with Gasteiger partial charge in [-0.2, -0.15) is 0 Å². The molecule has 0 atom stereocenters. The second-order valence-electron chi connectivity index (χ2n) is 6.09. The van der Waals surface area contributed by atoms with Crippen LogP contribution in [0, 0.1) is 17.5 Å². The Morgan fingerprint density at radius 1 is 0.967 bits per heavy atom. The van der Waals surface area contributed by atoms with Crippen molar-refractivity contribution in [3.8, 4) is 11.5 Å². The van der Waals surface area contributed by atoms with Crippen LogP contribution in [0.3, 0.4) is 0 Å². The van der Waals surface area contributed by atoms with Gasteiger partial charge in [-0.15, -0.1) is 0 Å². The van der Waals surface area contributed by atoms with Gasteiger partial charge in [0.2, 0.25) is 0 Å². The van der Waals surface area contributed by atoms with Crippen molar-refractivity contribution in [3.05, 3.63) is 77.7 Å². The number of hydrogen-bond donors (Lipinski definition) is 2. The normalized spacial score (nSPS) is 10.4. The van der Waals surface area contributed by atoms with Gasteiger partial charge < -0.3 is 20.1 Å². The van der Waals surface area contributed by atoms with Crippen LogP contribution < -0.4 is 20.1 Å². The van der Waals surface area contributed by atoms with E-state index >= 15 is 0 Å². The molecule has 156 valence electrons. The van der Waals surface area contributed by atoms with Crippen LogP contribution in [-0.4, -0.2) is 31.2 Å². The van der Waals surface area contributed by atoms with E-state index in [1.54, 1.807) is 0 Å². The Balaban J connectivity index is 1.63. The topological polar surface area (TPSA) is 72.5 Å². The van der Waals surface area contributed by atoms with E-state index in [4.69, 9.17) is 9.47 Å². The first-order chi connectivity index (χ1) is 14.4. The minimum atomic E-state index is -0.745. The lowest BCUT2D eigenvalue weighted by Crippen LogP contribution is -2.29. The van der Waals surface area contributed by atoms with Crippen LogP contribution in [0.4, 0.5) is 24.7 Å². The number of methoxy groups -OCH3 is 1. The van der Waals surface area contributed by atoms with Gasteiger partial charge in [-0.05, 0) is 48.5 Å². The lowest BCUT2D eigenvalue weighted by Gasteiger charge is -2.12. The summed E-state index contributed by atoms with van der Waals surface area (Å²) in [5.74, 6) is -1.49. The number of amides is 1. The summed E-state index contributed by atoms with van der Waals surface area (Å²) in [6.45, 7) is 0.313. The van der Waals surface area contributed by atoms with E-state index < -0.39 is 17.5 Å². The fraction of sp³-hybridized carbons (Fsp3) is 0.143. The van der Waals surface area contributed by atoms with Crippen LogP contribution >= 0.6 is 0 Å². The molecule has 1 heterocycles. The Labute approximate surface area is 170 Å². The molecule has 9 heteroatoms. The number of rotatable bonds is 8. The predicted octanol–water partition coefficient (Wildman–Crippen LogP) is 4.06. The van der Waals surface area contributed by atoms with Crippen molar-refractivity contribution in [3.63, 3.8) is 0 Å². The number of carbonyl (C=O) groups excluding carboxylic acids is 1. The summed E-state index contributed by atoms with van der Waals surface area (Å²) in [7, 11) is 1.39. The molecular formula is C21H18F3N3O3. The molecule has 2 N–H and O–H groups in total. The first-order valence-corrected chi connectivity index (χ1v) is 8.89. The molecule has 0 fully saturated rings. The van der Waals surface area contributed by atoms with Gasteiger partial charge in [0.05, 0.1) is 13.7 Å². The zero-order valence-electron chi connectivity index (χ0n) is 15.9. The molecule has 0 aliphatic heterocycles. The minimum absolute atomic E-state index is 0.0128. The van der Waals surface area contributed by atoms with E-state index in [0.717, 1.165) is 18.2 Å². The van der Waals surface area contributed by atoms with Crippen molar-refractivity contribution >= 4 is 17.4 Å². The number of pyridine rings is 1. The monoisotopic (exact) mass is 417 g/mol. The summed E-state index contributed by atoms with van der Waals surface area (Å²) >= 11 is 0. The Kier molecular flexibility index (Phi) is 6.74. The average Bonchev–Trinajstić information content (AvgIpc) is 2.71. The highest BCUT2D eigenvalue weighted by Crippen LogP contribution is 2.22. The van der Waals surface area contributed by atoms with Crippen molar-refractivity contribution < 1.29 is 27.4 Å². The second-order valence-corrected chi connectivity index (χ2v) is 6.09. The highest BCUT2D eigenvalue weighted by atomic mass is 19.1. The lowest BCUT2D eigenvalue weighted by atomic mass is 10.2. The van der Waals surface area contributed by atoms with Crippen LogP contribution in [0.1, 0.15) is 10.5 Å². The largest absolute Gasteiger partial charge is 0.494 e. The standard InChI is InChI=1S/C21H18F3N3O3/c1-29-18-6-7-19(26-16-11-14(23)10-15(24)12-16)27-20(18)21(28)25-8-9-30-17-4-2-13(22)3-5-17/h2-7,10-12H,8-9H2,1H3,(H,25,28)(H,26,27). The number of nitrogens with zero attached hydrogens (tertiary/aromatic N) is 1. The maximum atomic E-state index is 13.4. The Bertz CT molecular complexity index is 1010.